The van der Waals surface area contributed by atoms with Gasteiger partial charge in [-0.25, -0.2) is 4.39 Å². The van der Waals surface area contributed by atoms with Crippen LogP contribution in [-0.2, 0) is 9.59 Å². The number of primary amides is 1. The number of aromatic amines is 1. The SMILES string of the molecule is CC(=O)N1C[C@H](NC(=O)c2cc3cccc(F)c3[nH]2)[C@H](C(N)=O)C1. The average Bonchev–Trinajstić information content (AvgIpc) is 3.12. The lowest BCUT2D eigenvalue weighted by Crippen LogP contribution is -2.45. The Morgan fingerprint density at radius 1 is 1.33 bits per heavy atom. The summed E-state index contributed by atoms with van der Waals surface area (Å²) < 4.78 is 13.7. The Labute approximate surface area is 137 Å². The van der Waals surface area contributed by atoms with E-state index in [0.717, 1.165) is 0 Å². The molecule has 0 aliphatic carbocycles. The third-order valence-electron chi connectivity index (χ3n) is 4.30. The predicted octanol–water partition coefficient (Wildman–Crippen LogP) is 0.369. The van der Waals surface area contributed by atoms with Gasteiger partial charge in [-0.3, -0.25) is 14.4 Å². The lowest BCUT2D eigenvalue weighted by molar-refractivity contribution is -0.128. The van der Waals surface area contributed by atoms with E-state index in [1.54, 1.807) is 12.1 Å². The Kier molecular flexibility index (Phi) is 3.96. The van der Waals surface area contributed by atoms with Gasteiger partial charge in [-0.2, -0.15) is 0 Å². The number of nitrogens with two attached hydrogens (primary N) is 1. The number of nitrogens with zero attached hydrogens (tertiary/aromatic N) is 1. The highest BCUT2D eigenvalue weighted by Gasteiger charge is 2.38. The van der Waals surface area contributed by atoms with Crippen LogP contribution in [0.5, 0.6) is 0 Å². The summed E-state index contributed by atoms with van der Waals surface area (Å²) in [5.41, 5.74) is 5.78. The van der Waals surface area contributed by atoms with Crippen LogP contribution in [0.2, 0.25) is 0 Å². The number of rotatable bonds is 3. The minimum atomic E-state index is -0.654. The number of nitrogens with one attached hydrogen (secondary N) is 2. The lowest BCUT2D eigenvalue weighted by atomic mass is 10.0. The molecule has 126 valence electrons. The monoisotopic (exact) mass is 332 g/mol. The fraction of sp³-hybridized carbons (Fsp3) is 0.312. The van der Waals surface area contributed by atoms with E-state index < -0.39 is 29.6 Å². The maximum absolute atomic E-state index is 13.7. The largest absolute Gasteiger partial charge is 0.369 e. The van der Waals surface area contributed by atoms with Gasteiger partial charge in [0.2, 0.25) is 11.8 Å². The first-order valence-corrected chi connectivity index (χ1v) is 7.49. The molecule has 0 spiro atoms. The number of halogens is 1. The molecule has 1 fully saturated rings. The van der Waals surface area contributed by atoms with Crippen molar-refractivity contribution in [1.82, 2.24) is 15.2 Å². The molecule has 1 saturated heterocycles. The number of para-hydroxylation sites is 1. The normalized spacial score (nSPS) is 20.3. The van der Waals surface area contributed by atoms with E-state index >= 15 is 0 Å². The maximum atomic E-state index is 13.7. The highest BCUT2D eigenvalue weighted by atomic mass is 19.1. The zero-order chi connectivity index (χ0) is 17.4. The molecule has 2 heterocycles. The standard InChI is InChI=1S/C16H17FN4O3/c1-8(22)21-6-10(15(18)23)13(7-21)20-16(24)12-5-9-3-2-4-11(17)14(9)19-12/h2-5,10,13,19H,6-7H2,1H3,(H2,18,23)(H,20,24)/t10-,13+/m1/s1. The van der Waals surface area contributed by atoms with Crippen molar-refractivity contribution in [1.29, 1.82) is 0 Å². The molecule has 0 unspecified atom stereocenters. The van der Waals surface area contributed by atoms with E-state index in [2.05, 4.69) is 10.3 Å². The van der Waals surface area contributed by atoms with Crippen LogP contribution < -0.4 is 11.1 Å². The lowest BCUT2D eigenvalue weighted by Gasteiger charge is -2.16. The number of carbonyl (C=O) groups excluding carboxylic acids is 3. The van der Waals surface area contributed by atoms with Gasteiger partial charge < -0.3 is 20.9 Å². The Balaban J connectivity index is 1.80. The molecule has 1 aromatic heterocycles. The smallest absolute Gasteiger partial charge is 0.268 e. The molecule has 2 aromatic rings. The third-order valence-corrected chi connectivity index (χ3v) is 4.30. The van der Waals surface area contributed by atoms with Crippen LogP contribution in [0.4, 0.5) is 4.39 Å². The molecule has 8 heteroatoms. The van der Waals surface area contributed by atoms with Gasteiger partial charge in [-0.1, -0.05) is 12.1 Å². The molecule has 0 bridgehead atoms. The Morgan fingerprint density at radius 3 is 2.71 bits per heavy atom. The predicted molar refractivity (Wildman–Crippen MR) is 84.4 cm³/mol. The first kappa shape index (κ1) is 16.0. The summed E-state index contributed by atoms with van der Waals surface area (Å²) in [5.74, 6) is -2.35. The molecule has 7 nitrogen and oxygen atoms in total. The summed E-state index contributed by atoms with van der Waals surface area (Å²) in [5, 5.41) is 3.28. The van der Waals surface area contributed by atoms with Gasteiger partial charge in [-0.15, -0.1) is 0 Å². The fourth-order valence-corrected chi connectivity index (χ4v) is 2.98. The highest BCUT2D eigenvalue weighted by molar-refractivity contribution is 5.98. The van der Waals surface area contributed by atoms with Crippen molar-refractivity contribution in [3.8, 4) is 0 Å². The fourth-order valence-electron chi connectivity index (χ4n) is 2.98. The summed E-state index contributed by atoms with van der Waals surface area (Å²) in [6, 6.07) is 5.49. The molecule has 1 aliphatic rings. The molecular formula is C16H17FN4O3. The second kappa shape index (κ2) is 5.95. The molecule has 3 amide bonds. The minimum Gasteiger partial charge on any atom is -0.369 e. The average molecular weight is 332 g/mol. The zero-order valence-electron chi connectivity index (χ0n) is 13.0. The van der Waals surface area contributed by atoms with Gasteiger partial charge in [0.15, 0.2) is 0 Å². The molecule has 1 aromatic carbocycles. The molecule has 0 radical (unpaired) electrons. The highest BCUT2D eigenvalue weighted by Crippen LogP contribution is 2.20. The number of aromatic nitrogens is 1. The van der Waals surface area contributed by atoms with Crippen LogP contribution in [0.15, 0.2) is 24.3 Å². The molecule has 0 saturated carbocycles. The van der Waals surface area contributed by atoms with Crippen LogP contribution in [0, 0.1) is 11.7 Å². The van der Waals surface area contributed by atoms with Crippen molar-refractivity contribution < 1.29 is 18.8 Å². The van der Waals surface area contributed by atoms with E-state index in [4.69, 9.17) is 5.73 Å². The third kappa shape index (κ3) is 2.82. The second-order valence-electron chi connectivity index (χ2n) is 5.90. The number of amides is 3. The summed E-state index contributed by atoms with van der Waals surface area (Å²) >= 11 is 0. The topological polar surface area (TPSA) is 108 Å². The van der Waals surface area contributed by atoms with Gasteiger partial charge in [-0.05, 0) is 12.1 Å². The Bertz CT molecular complexity index is 832. The number of fused-ring (bicyclic) bond motifs is 1. The van der Waals surface area contributed by atoms with Crippen molar-refractivity contribution >= 4 is 28.6 Å². The van der Waals surface area contributed by atoms with Crippen molar-refractivity contribution in [3.63, 3.8) is 0 Å². The summed E-state index contributed by atoms with van der Waals surface area (Å²) in [6.45, 7) is 1.78. The number of benzene rings is 1. The van der Waals surface area contributed by atoms with E-state index in [-0.39, 0.29) is 30.2 Å². The summed E-state index contributed by atoms with van der Waals surface area (Å²) in [4.78, 5) is 39.6. The number of H-pyrrole nitrogens is 1. The summed E-state index contributed by atoms with van der Waals surface area (Å²) in [7, 11) is 0. The van der Waals surface area contributed by atoms with E-state index in [1.165, 1.54) is 24.0 Å². The van der Waals surface area contributed by atoms with Gasteiger partial charge in [0.25, 0.3) is 5.91 Å². The van der Waals surface area contributed by atoms with Crippen LogP contribution >= 0.6 is 0 Å². The van der Waals surface area contributed by atoms with Crippen LogP contribution in [-0.4, -0.2) is 46.7 Å². The number of hydrogen-bond acceptors (Lipinski definition) is 3. The quantitative estimate of drug-likeness (QED) is 0.755. The molecular weight excluding hydrogens is 315 g/mol. The van der Waals surface area contributed by atoms with Gasteiger partial charge in [0.1, 0.15) is 11.5 Å². The minimum absolute atomic E-state index is 0.178. The molecule has 2 atom stereocenters. The number of hydrogen-bond donors (Lipinski definition) is 3. The zero-order valence-corrected chi connectivity index (χ0v) is 13.0. The molecule has 4 N–H and O–H groups in total. The van der Waals surface area contributed by atoms with Crippen molar-refractivity contribution in [2.75, 3.05) is 13.1 Å². The first-order valence-electron chi connectivity index (χ1n) is 7.49. The molecule has 24 heavy (non-hydrogen) atoms. The van der Waals surface area contributed by atoms with Gasteiger partial charge >= 0.3 is 0 Å². The van der Waals surface area contributed by atoms with E-state index in [0.29, 0.717) is 5.39 Å². The van der Waals surface area contributed by atoms with E-state index in [9.17, 15) is 18.8 Å². The first-order chi connectivity index (χ1) is 11.4. The van der Waals surface area contributed by atoms with Crippen molar-refractivity contribution in [2.45, 2.75) is 13.0 Å². The molecule has 3 rings (SSSR count). The Morgan fingerprint density at radius 2 is 2.08 bits per heavy atom. The second-order valence-corrected chi connectivity index (χ2v) is 5.90. The van der Waals surface area contributed by atoms with Crippen molar-refractivity contribution in [2.24, 2.45) is 11.7 Å². The van der Waals surface area contributed by atoms with E-state index in [1.807, 2.05) is 0 Å². The van der Waals surface area contributed by atoms with Crippen LogP contribution in [0.1, 0.15) is 17.4 Å². The van der Waals surface area contributed by atoms with Crippen LogP contribution in [0.3, 0.4) is 0 Å². The molecule has 1 aliphatic heterocycles. The summed E-state index contributed by atoms with van der Waals surface area (Å²) in [6.07, 6.45) is 0. The number of carbonyl (C=O) groups is 3. The van der Waals surface area contributed by atoms with Gasteiger partial charge in [0, 0.05) is 25.4 Å². The van der Waals surface area contributed by atoms with Gasteiger partial charge in [0.05, 0.1) is 17.5 Å². The van der Waals surface area contributed by atoms with Crippen molar-refractivity contribution in [3.05, 3.63) is 35.8 Å². The maximum Gasteiger partial charge on any atom is 0.268 e. The Hall–Kier alpha value is -2.90. The number of likely N-dealkylation sites (tertiary alicyclic amines) is 1. The van der Waals surface area contributed by atoms with Crippen LogP contribution in [0.25, 0.3) is 10.9 Å².